The Morgan fingerprint density at radius 2 is 2.17 bits per heavy atom. The van der Waals surface area contributed by atoms with E-state index in [1.165, 1.54) is 0 Å². The van der Waals surface area contributed by atoms with Crippen LogP contribution in [-0.2, 0) is 11.2 Å². The van der Waals surface area contributed by atoms with Crippen molar-refractivity contribution in [3.05, 3.63) is 46.2 Å². The zero-order chi connectivity index (χ0) is 16.9. The van der Waals surface area contributed by atoms with Crippen LogP contribution in [0, 0.1) is 0 Å². The summed E-state index contributed by atoms with van der Waals surface area (Å²) >= 11 is 1.58. The van der Waals surface area contributed by atoms with Crippen LogP contribution in [0.3, 0.4) is 0 Å². The van der Waals surface area contributed by atoms with E-state index >= 15 is 0 Å². The van der Waals surface area contributed by atoms with E-state index in [9.17, 15) is 0 Å². The van der Waals surface area contributed by atoms with Gasteiger partial charge in [-0.3, -0.25) is 0 Å². The normalized spacial score (nSPS) is 12.3. The summed E-state index contributed by atoms with van der Waals surface area (Å²) in [6.07, 6.45) is 0.510. The summed E-state index contributed by atoms with van der Waals surface area (Å²) in [4.78, 5) is 9.02. The third-order valence-corrected chi connectivity index (χ3v) is 4.52. The van der Waals surface area contributed by atoms with Crippen LogP contribution in [0.15, 0.2) is 34.2 Å². The Kier molecular flexibility index (Phi) is 5.22. The zero-order valence-corrected chi connectivity index (χ0v) is 14.7. The van der Waals surface area contributed by atoms with Gasteiger partial charge in [-0.2, -0.15) is 4.98 Å². The van der Waals surface area contributed by atoms with Gasteiger partial charge in [-0.05, 0) is 26.0 Å². The monoisotopic (exact) mass is 345 g/mol. The quantitative estimate of drug-likeness (QED) is 0.647. The molecule has 0 aliphatic rings. The number of benzene rings is 1. The summed E-state index contributed by atoms with van der Waals surface area (Å²) in [5.41, 5.74) is 1.76. The largest absolute Gasteiger partial charge is 0.497 e. The van der Waals surface area contributed by atoms with Crippen LogP contribution in [0.1, 0.15) is 36.5 Å². The maximum absolute atomic E-state index is 5.56. The molecule has 0 amide bonds. The minimum absolute atomic E-state index is 0.00350. The van der Waals surface area contributed by atoms with Gasteiger partial charge in [0.1, 0.15) is 16.9 Å². The van der Waals surface area contributed by atoms with Gasteiger partial charge in [0.25, 0.3) is 0 Å². The fraction of sp³-hybridized carbons (Fsp3) is 0.353. The standard InChI is InChI=1S/C17H19N3O3S/c1-4-22-11(2)17-18-13(10-24-17)9-15-19-16(20-23-15)12-6-5-7-14(8-12)21-3/h5-8,10-11H,4,9H2,1-3H3. The molecule has 0 fully saturated rings. The van der Waals surface area contributed by atoms with Gasteiger partial charge in [-0.15, -0.1) is 11.3 Å². The summed E-state index contributed by atoms with van der Waals surface area (Å²) in [6, 6.07) is 7.56. The molecule has 0 radical (unpaired) electrons. The number of hydrogen-bond acceptors (Lipinski definition) is 7. The summed E-state index contributed by atoms with van der Waals surface area (Å²) in [7, 11) is 1.63. The van der Waals surface area contributed by atoms with Gasteiger partial charge < -0.3 is 14.0 Å². The molecule has 7 heteroatoms. The van der Waals surface area contributed by atoms with E-state index in [-0.39, 0.29) is 6.10 Å². The van der Waals surface area contributed by atoms with Gasteiger partial charge in [-0.25, -0.2) is 4.98 Å². The smallest absolute Gasteiger partial charge is 0.233 e. The third-order valence-electron chi connectivity index (χ3n) is 3.46. The lowest BCUT2D eigenvalue weighted by molar-refractivity contribution is 0.0761. The second-order valence-electron chi connectivity index (χ2n) is 5.20. The molecule has 24 heavy (non-hydrogen) atoms. The van der Waals surface area contributed by atoms with Crippen molar-refractivity contribution in [2.45, 2.75) is 26.4 Å². The lowest BCUT2D eigenvalue weighted by Crippen LogP contribution is -1.99. The van der Waals surface area contributed by atoms with E-state index in [1.54, 1.807) is 18.4 Å². The Labute approximate surface area is 144 Å². The topological polar surface area (TPSA) is 70.3 Å². The van der Waals surface area contributed by atoms with Crippen LogP contribution in [0.4, 0.5) is 0 Å². The summed E-state index contributed by atoms with van der Waals surface area (Å²) in [5, 5.41) is 7.00. The van der Waals surface area contributed by atoms with Crippen molar-refractivity contribution in [3.63, 3.8) is 0 Å². The highest BCUT2D eigenvalue weighted by molar-refractivity contribution is 7.09. The van der Waals surface area contributed by atoms with E-state index in [2.05, 4.69) is 15.1 Å². The van der Waals surface area contributed by atoms with E-state index in [4.69, 9.17) is 14.0 Å². The molecule has 3 aromatic rings. The maximum atomic E-state index is 5.56. The predicted molar refractivity (Wildman–Crippen MR) is 91.2 cm³/mol. The van der Waals surface area contributed by atoms with Crippen LogP contribution < -0.4 is 4.74 Å². The van der Waals surface area contributed by atoms with Gasteiger partial charge >= 0.3 is 0 Å². The van der Waals surface area contributed by atoms with E-state index < -0.39 is 0 Å². The Bertz CT molecular complexity index is 800. The molecule has 1 atom stereocenters. The Morgan fingerprint density at radius 1 is 1.29 bits per heavy atom. The molecule has 3 rings (SSSR count). The second-order valence-corrected chi connectivity index (χ2v) is 6.08. The van der Waals surface area contributed by atoms with Gasteiger partial charge in [0.2, 0.25) is 11.7 Å². The Hall–Kier alpha value is -2.25. The first-order valence-electron chi connectivity index (χ1n) is 7.72. The Balaban J connectivity index is 1.72. The molecular weight excluding hydrogens is 326 g/mol. The van der Waals surface area contributed by atoms with Crippen LogP contribution in [0.5, 0.6) is 5.75 Å². The number of rotatable bonds is 7. The van der Waals surface area contributed by atoms with Crippen molar-refractivity contribution in [2.24, 2.45) is 0 Å². The molecule has 1 aromatic carbocycles. The molecule has 2 aromatic heterocycles. The Morgan fingerprint density at radius 3 is 2.96 bits per heavy atom. The zero-order valence-electron chi connectivity index (χ0n) is 13.9. The van der Waals surface area contributed by atoms with Crippen molar-refractivity contribution in [1.29, 1.82) is 0 Å². The highest BCUT2D eigenvalue weighted by Gasteiger charge is 2.14. The lowest BCUT2D eigenvalue weighted by atomic mass is 10.2. The predicted octanol–water partition coefficient (Wildman–Crippen LogP) is 3.89. The summed E-state index contributed by atoms with van der Waals surface area (Å²) in [6.45, 7) is 4.65. The van der Waals surface area contributed by atoms with E-state index in [1.807, 2.05) is 43.5 Å². The average Bonchev–Trinajstić information content (AvgIpc) is 3.25. The molecule has 0 spiro atoms. The van der Waals surface area contributed by atoms with Gasteiger partial charge in [0.05, 0.1) is 19.2 Å². The molecule has 1 unspecified atom stereocenters. The number of aromatic nitrogens is 3. The first-order chi connectivity index (χ1) is 11.7. The SMILES string of the molecule is CCOC(C)c1nc(Cc2nc(-c3cccc(OC)c3)no2)cs1. The minimum atomic E-state index is 0.00350. The first kappa shape index (κ1) is 16.6. The lowest BCUT2D eigenvalue weighted by Gasteiger charge is -2.06. The van der Waals surface area contributed by atoms with Gasteiger partial charge in [-0.1, -0.05) is 17.3 Å². The minimum Gasteiger partial charge on any atom is -0.497 e. The van der Waals surface area contributed by atoms with E-state index in [0.717, 1.165) is 22.0 Å². The van der Waals surface area contributed by atoms with Gasteiger partial charge in [0.15, 0.2) is 0 Å². The van der Waals surface area contributed by atoms with Crippen molar-refractivity contribution < 1.29 is 14.0 Å². The van der Waals surface area contributed by atoms with Crippen molar-refractivity contribution in [1.82, 2.24) is 15.1 Å². The van der Waals surface area contributed by atoms with Crippen molar-refractivity contribution in [3.8, 4) is 17.1 Å². The number of methoxy groups -OCH3 is 1. The fourth-order valence-electron chi connectivity index (χ4n) is 2.27. The molecular formula is C17H19N3O3S. The molecule has 126 valence electrons. The second kappa shape index (κ2) is 7.55. The first-order valence-corrected chi connectivity index (χ1v) is 8.60. The number of ether oxygens (including phenoxy) is 2. The average molecular weight is 345 g/mol. The molecule has 2 heterocycles. The molecule has 6 nitrogen and oxygen atoms in total. The highest BCUT2D eigenvalue weighted by Crippen LogP contribution is 2.24. The summed E-state index contributed by atoms with van der Waals surface area (Å²) < 4.78 is 16.1. The molecule has 0 saturated heterocycles. The van der Waals surface area contributed by atoms with Gasteiger partial charge in [0, 0.05) is 17.6 Å². The molecule has 0 aliphatic heterocycles. The molecule has 0 aliphatic carbocycles. The van der Waals surface area contributed by atoms with E-state index in [0.29, 0.717) is 24.7 Å². The molecule has 0 bridgehead atoms. The third kappa shape index (κ3) is 3.80. The fourth-order valence-corrected chi connectivity index (χ4v) is 3.10. The maximum Gasteiger partial charge on any atom is 0.233 e. The van der Waals surface area contributed by atoms with Crippen LogP contribution >= 0.6 is 11.3 Å². The van der Waals surface area contributed by atoms with Crippen LogP contribution in [0.25, 0.3) is 11.4 Å². The van der Waals surface area contributed by atoms with Crippen LogP contribution in [0.2, 0.25) is 0 Å². The number of thiazole rings is 1. The molecule has 0 N–H and O–H groups in total. The van der Waals surface area contributed by atoms with Crippen LogP contribution in [-0.4, -0.2) is 28.8 Å². The number of hydrogen-bond donors (Lipinski definition) is 0. The van der Waals surface area contributed by atoms with Crippen molar-refractivity contribution >= 4 is 11.3 Å². The van der Waals surface area contributed by atoms with Crippen molar-refractivity contribution in [2.75, 3.05) is 13.7 Å². The summed E-state index contributed by atoms with van der Waals surface area (Å²) in [5.74, 6) is 1.84. The number of nitrogens with zero attached hydrogens (tertiary/aromatic N) is 3. The molecule has 0 saturated carbocycles. The highest BCUT2D eigenvalue weighted by atomic mass is 32.1.